The van der Waals surface area contributed by atoms with Gasteiger partial charge in [0.25, 0.3) is 10.0 Å². The maximum atomic E-state index is 15.6. The number of fused-ring (bicyclic) bond motifs is 2. The number of nitrogens with zero attached hydrogens (tertiary/aromatic N) is 6. The Morgan fingerprint density at radius 1 is 1.07 bits per heavy atom. The summed E-state index contributed by atoms with van der Waals surface area (Å²) in [6.07, 6.45) is 4.35. The number of sulfonamides is 1. The summed E-state index contributed by atoms with van der Waals surface area (Å²) in [7, 11) is -4.40. The highest BCUT2D eigenvalue weighted by Crippen LogP contribution is 2.34. The molecule has 6 rings (SSSR count). The smallest absolute Gasteiger partial charge is 0.263 e. The van der Waals surface area contributed by atoms with Gasteiger partial charge in [-0.15, -0.1) is 0 Å². The molecule has 0 radical (unpaired) electrons. The Morgan fingerprint density at radius 2 is 1.88 bits per heavy atom. The third kappa shape index (κ3) is 5.32. The van der Waals surface area contributed by atoms with Crippen molar-refractivity contribution >= 4 is 73.0 Å². The van der Waals surface area contributed by atoms with Gasteiger partial charge in [-0.3, -0.25) is 9.52 Å². The van der Waals surface area contributed by atoms with Crippen molar-refractivity contribution in [2.75, 3.05) is 21.5 Å². The van der Waals surface area contributed by atoms with Crippen molar-refractivity contribution in [3.8, 4) is 5.82 Å². The summed E-state index contributed by atoms with van der Waals surface area (Å²) in [6, 6.07) is 9.09. The van der Waals surface area contributed by atoms with Gasteiger partial charge in [-0.1, -0.05) is 29.3 Å². The van der Waals surface area contributed by atoms with Crippen LogP contribution in [0.2, 0.25) is 10.0 Å². The molecule has 1 aliphatic rings. The van der Waals surface area contributed by atoms with Gasteiger partial charge in [-0.2, -0.15) is 5.10 Å². The standard InChI is InChI=1S/C27H20Cl2F2N8O3S/c1-14(40)38-11-3-5-17-20(38)12-39(36-17)22-10-9-19-26(34-22)27(33-13-32-19)35-25-16(30)7-8-18(24(25)31)37-43(41,42)21-6-2-4-15(28)23(21)29/h2,4,6-10,12-13,37H,3,5,11H2,1H3,(H,32,33,35). The summed E-state index contributed by atoms with van der Waals surface area (Å²) < 4.78 is 60.1. The molecule has 2 N–H and O–H groups in total. The molecule has 0 bridgehead atoms. The van der Waals surface area contributed by atoms with Crippen molar-refractivity contribution in [3.05, 3.63) is 82.4 Å². The zero-order valence-corrected chi connectivity index (χ0v) is 24.5. The van der Waals surface area contributed by atoms with E-state index in [1.165, 1.54) is 36.1 Å². The minimum atomic E-state index is -4.40. The van der Waals surface area contributed by atoms with Crippen LogP contribution < -0.4 is 14.9 Å². The molecule has 0 spiro atoms. The van der Waals surface area contributed by atoms with Crippen molar-refractivity contribution in [3.63, 3.8) is 0 Å². The molecule has 0 aliphatic carbocycles. The number of hydrogen-bond donors (Lipinski definition) is 2. The summed E-state index contributed by atoms with van der Waals surface area (Å²) in [5.41, 5.74) is 0.712. The third-order valence-electron chi connectivity index (χ3n) is 6.72. The lowest BCUT2D eigenvalue weighted by molar-refractivity contribution is -0.116. The van der Waals surface area contributed by atoms with Crippen LogP contribution in [0.5, 0.6) is 0 Å². The van der Waals surface area contributed by atoms with Gasteiger partial charge in [0.15, 0.2) is 17.5 Å². The fourth-order valence-electron chi connectivity index (χ4n) is 4.68. The molecular formula is C27H20Cl2F2N8O3S. The van der Waals surface area contributed by atoms with Crippen molar-refractivity contribution in [1.29, 1.82) is 0 Å². The number of aryl methyl sites for hydroxylation is 1. The van der Waals surface area contributed by atoms with E-state index in [2.05, 4.69) is 30.1 Å². The average molecular weight is 645 g/mol. The molecule has 0 unspecified atom stereocenters. The summed E-state index contributed by atoms with van der Waals surface area (Å²) in [5.74, 6) is -2.06. The van der Waals surface area contributed by atoms with E-state index in [0.29, 0.717) is 30.0 Å². The van der Waals surface area contributed by atoms with Gasteiger partial charge >= 0.3 is 0 Å². The van der Waals surface area contributed by atoms with Crippen LogP contribution in [0.25, 0.3) is 16.9 Å². The molecule has 3 aromatic heterocycles. The first-order valence-electron chi connectivity index (χ1n) is 12.7. The second-order valence-electron chi connectivity index (χ2n) is 9.51. The topological polar surface area (TPSA) is 135 Å². The second kappa shape index (κ2) is 11.0. The number of anilines is 4. The van der Waals surface area contributed by atoms with Crippen molar-refractivity contribution in [2.24, 2.45) is 0 Å². The first kappa shape index (κ1) is 28.7. The summed E-state index contributed by atoms with van der Waals surface area (Å²) in [4.78, 5) is 26.2. The Kier molecular flexibility index (Phi) is 7.36. The quantitative estimate of drug-likeness (QED) is 0.242. The molecule has 1 amide bonds. The van der Waals surface area contributed by atoms with E-state index >= 15 is 4.39 Å². The van der Waals surface area contributed by atoms with Gasteiger partial charge in [0, 0.05) is 13.5 Å². The molecule has 1 aliphatic heterocycles. The van der Waals surface area contributed by atoms with Gasteiger partial charge in [0.2, 0.25) is 5.91 Å². The largest absolute Gasteiger partial charge is 0.333 e. The molecule has 2 aromatic carbocycles. The highest BCUT2D eigenvalue weighted by Gasteiger charge is 2.25. The number of aromatic nitrogens is 5. The van der Waals surface area contributed by atoms with Crippen LogP contribution in [0.4, 0.5) is 31.7 Å². The van der Waals surface area contributed by atoms with Crippen molar-refractivity contribution < 1.29 is 22.0 Å². The van der Waals surface area contributed by atoms with Crippen molar-refractivity contribution in [1.82, 2.24) is 24.7 Å². The van der Waals surface area contributed by atoms with Gasteiger partial charge in [0.05, 0.1) is 38.8 Å². The number of carbonyl (C=O) groups is 1. The van der Waals surface area contributed by atoms with Crippen LogP contribution in [0.3, 0.4) is 0 Å². The number of rotatable bonds is 6. The van der Waals surface area contributed by atoms with Crippen LogP contribution in [0, 0.1) is 11.6 Å². The SMILES string of the molecule is CC(=O)N1CCCc2nn(-c3ccc4ncnc(Nc5c(F)ccc(NS(=O)(=O)c6cccc(Cl)c6Cl)c5F)c4n3)cc21. The Bertz CT molecular complexity index is 2040. The van der Waals surface area contributed by atoms with Crippen LogP contribution in [-0.4, -0.2) is 45.6 Å². The number of carbonyl (C=O) groups excluding carboxylic acids is 1. The number of hydrogen-bond acceptors (Lipinski definition) is 8. The molecule has 4 heterocycles. The highest BCUT2D eigenvalue weighted by molar-refractivity contribution is 7.92. The normalized spacial score (nSPS) is 13.2. The van der Waals surface area contributed by atoms with E-state index in [1.54, 1.807) is 23.2 Å². The Labute approximate surface area is 253 Å². The minimum Gasteiger partial charge on any atom is -0.333 e. The first-order chi connectivity index (χ1) is 20.5. The van der Waals surface area contributed by atoms with Crippen LogP contribution in [0.15, 0.2) is 59.9 Å². The molecule has 0 saturated carbocycles. The molecular weight excluding hydrogens is 625 g/mol. The predicted octanol–water partition coefficient (Wildman–Crippen LogP) is 5.64. The van der Waals surface area contributed by atoms with Crippen LogP contribution in [-0.2, 0) is 21.2 Å². The van der Waals surface area contributed by atoms with Crippen LogP contribution >= 0.6 is 23.2 Å². The van der Waals surface area contributed by atoms with Gasteiger partial charge < -0.3 is 10.2 Å². The Hall–Kier alpha value is -4.40. The summed E-state index contributed by atoms with van der Waals surface area (Å²) in [6.45, 7) is 2.07. The first-order valence-corrected chi connectivity index (χ1v) is 15.0. The highest BCUT2D eigenvalue weighted by atomic mass is 35.5. The maximum absolute atomic E-state index is 15.6. The second-order valence-corrected chi connectivity index (χ2v) is 11.9. The molecule has 16 heteroatoms. The molecule has 11 nitrogen and oxygen atoms in total. The lowest BCUT2D eigenvalue weighted by atomic mass is 10.1. The molecule has 0 saturated heterocycles. The fraction of sp³-hybridized carbons (Fsp3) is 0.148. The van der Waals surface area contributed by atoms with E-state index < -0.39 is 33.0 Å². The van der Waals surface area contributed by atoms with Gasteiger partial charge in [-0.25, -0.2) is 36.8 Å². The van der Waals surface area contributed by atoms with E-state index in [9.17, 15) is 17.6 Å². The predicted molar refractivity (Wildman–Crippen MR) is 158 cm³/mol. The molecule has 43 heavy (non-hydrogen) atoms. The zero-order valence-electron chi connectivity index (χ0n) is 22.1. The third-order valence-corrected chi connectivity index (χ3v) is 9.06. The number of halogens is 4. The zero-order chi connectivity index (χ0) is 30.5. The average Bonchev–Trinajstić information content (AvgIpc) is 3.42. The molecule has 5 aromatic rings. The fourth-order valence-corrected chi connectivity index (χ4v) is 6.50. The summed E-state index contributed by atoms with van der Waals surface area (Å²) >= 11 is 12.0. The number of nitrogens with one attached hydrogen (secondary N) is 2. The number of benzene rings is 2. The summed E-state index contributed by atoms with van der Waals surface area (Å²) in [5, 5.41) is 6.91. The minimum absolute atomic E-state index is 0.0135. The van der Waals surface area contributed by atoms with Crippen molar-refractivity contribution in [2.45, 2.75) is 24.7 Å². The lowest BCUT2D eigenvalue weighted by Gasteiger charge is -2.24. The lowest BCUT2D eigenvalue weighted by Crippen LogP contribution is -2.32. The van der Waals surface area contributed by atoms with E-state index in [0.717, 1.165) is 24.2 Å². The van der Waals surface area contributed by atoms with E-state index in [4.69, 9.17) is 23.2 Å². The number of pyridine rings is 1. The maximum Gasteiger partial charge on any atom is 0.263 e. The molecule has 0 atom stereocenters. The monoisotopic (exact) mass is 644 g/mol. The van der Waals surface area contributed by atoms with Gasteiger partial charge in [-0.05, 0) is 49.2 Å². The molecule has 0 fully saturated rings. The molecule has 220 valence electrons. The van der Waals surface area contributed by atoms with E-state index in [-0.39, 0.29) is 32.2 Å². The Morgan fingerprint density at radius 3 is 2.67 bits per heavy atom. The Balaban J connectivity index is 1.36. The van der Waals surface area contributed by atoms with Crippen LogP contribution in [0.1, 0.15) is 19.0 Å². The van der Waals surface area contributed by atoms with Gasteiger partial charge in [0.1, 0.15) is 28.2 Å². The number of amides is 1. The van der Waals surface area contributed by atoms with E-state index in [1.807, 2.05) is 0 Å².